The molecule has 0 aromatic heterocycles. The Labute approximate surface area is 97.4 Å². The van der Waals surface area contributed by atoms with Gasteiger partial charge in [-0.05, 0) is 56.1 Å². The highest BCUT2D eigenvalue weighted by atomic mass is 19.1. The Morgan fingerprint density at radius 1 is 1.25 bits per heavy atom. The van der Waals surface area contributed by atoms with Gasteiger partial charge in [0, 0.05) is 0 Å². The normalized spacial score (nSPS) is 11.2. The molecule has 0 aliphatic carbocycles. The van der Waals surface area contributed by atoms with E-state index in [0.29, 0.717) is 0 Å². The number of benzene rings is 1. The molecule has 0 fully saturated rings. The first kappa shape index (κ1) is 12.9. The molecule has 0 aliphatic heterocycles. The Bertz CT molecular complexity index is 324. The van der Waals surface area contributed by atoms with Crippen LogP contribution in [0.1, 0.15) is 30.9 Å². The molecule has 0 saturated heterocycles. The average molecular weight is 221 g/mol. The zero-order valence-electron chi connectivity index (χ0n) is 10.1. The molecule has 1 aromatic carbocycles. The minimum Gasteiger partial charge on any atom is -0.316 e. The molecule has 0 spiro atoms. The molecule has 0 heterocycles. The van der Waals surface area contributed by atoms with Gasteiger partial charge in [0.1, 0.15) is 5.82 Å². The van der Waals surface area contributed by atoms with Crippen molar-refractivity contribution in [2.45, 2.75) is 26.7 Å². The molecule has 1 rings (SSSR count). The summed E-state index contributed by atoms with van der Waals surface area (Å²) in [6.45, 7) is 6.10. The minimum atomic E-state index is -0.163. The predicted molar refractivity (Wildman–Crippen MR) is 67.9 cm³/mol. The second kappa shape index (κ2) is 7.18. The number of nitrogens with one attached hydrogen (secondary N) is 1. The molecule has 1 N–H and O–H groups in total. The lowest BCUT2D eigenvalue weighted by Crippen LogP contribution is -2.14. The highest BCUT2D eigenvalue weighted by Crippen LogP contribution is 2.10. The predicted octanol–water partition coefficient (Wildman–Crippen LogP) is 3.54. The zero-order valence-corrected chi connectivity index (χ0v) is 10.1. The van der Waals surface area contributed by atoms with E-state index in [0.717, 1.165) is 37.1 Å². The maximum absolute atomic E-state index is 13.1. The molecule has 1 aromatic rings. The molecule has 2 heteroatoms. The van der Waals surface area contributed by atoms with Crippen LogP contribution in [0.5, 0.6) is 0 Å². The third kappa shape index (κ3) is 5.08. The molecule has 0 saturated carbocycles. The highest BCUT2D eigenvalue weighted by molar-refractivity contribution is 5.50. The Hall–Kier alpha value is -1.15. The summed E-state index contributed by atoms with van der Waals surface area (Å²) in [5, 5.41) is 3.32. The van der Waals surface area contributed by atoms with E-state index in [-0.39, 0.29) is 5.82 Å². The SMILES string of the molecule is CCCNCCC=Cc1cc(C)cc(F)c1. The van der Waals surface area contributed by atoms with Gasteiger partial charge in [-0.2, -0.15) is 0 Å². The van der Waals surface area contributed by atoms with Crippen LogP contribution in [0.2, 0.25) is 0 Å². The lowest BCUT2D eigenvalue weighted by Gasteiger charge is -1.99. The summed E-state index contributed by atoms with van der Waals surface area (Å²) in [6.07, 6.45) is 6.20. The van der Waals surface area contributed by atoms with E-state index < -0.39 is 0 Å². The number of aryl methyl sites for hydroxylation is 1. The quantitative estimate of drug-likeness (QED) is 0.724. The fourth-order valence-corrected chi connectivity index (χ4v) is 1.57. The summed E-state index contributed by atoms with van der Waals surface area (Å²) >= 11 is 0. The van der Waals surface area contributed by atoms with Crippen LogP contribution in [0.3, 0.4) is 0 Å². The standard InChI is InChI=1S/C14H20FN/c1-3-7-16-8-5-4-6-13-9-12(2)10-14(15)11-13/h4,6,9-11,16H,3,5,7-8H2,1-2H3. The third-order valence-corrected chi connectivity index (χ3v) is 2.29. The van der Waals surface area contributed by atoms with Crippen LogP contribution in [0, 0.1) is 12.7 Å². The van der Waals surface area contributed by atoms with Gasteiger partial charge >= 0.3 is 0 Å². The summed E-state index contributed by atoms with van der Waals surface area (Å²) in [6, 6.07) is 5.09. The molecule has 0 amide bonds. The molecule has 0 atom stereocenters. The van der Waals surface area contributed by atoms with Crippen molar-refractivity contribution in [1.82, 2.24) is 5.32 Å². The van der Waals surface area contributed by atoms with E-state index in [1.807, 2.05) is 19.1 Å². The topological polar surface area (TPSA) is 12.0 Å². The van der Waals surface area contributed by atoms with Crippen molar-refractivity contribution < 1.29 is 4.39 Å². The van der Waals surface area contributed by atoms with Crippen LogP contribution < -0.4 is 5.32 Å². The zero-order chi connectivity index (χ0) is 11.8. The van der Waals surface area contributed by atoms with Crippen LogP contribution in [0.4, 0.5) is 4.39 Å². The maximum atomic E-state index is 13.1. The van der Waals surface area contributed by atoms with Crippen LogP contribution in [-0.4, -0.2) is 13.1 Å². The molecule has 0 aliphatic rings. The lowest BCUT2D eigenvalue weighted by molar-refractivity contribution is 0.626. The van der Waals surface area contributed by atoms with Crippen molar-refractivity contribution in [3.8, 4) is 0 Å². The average Bonchev–Trinajstić information content (AvgIpc) is 2.22. The van der Waals surface area contributed by atoms with Gasteiger partial charge in [0.05, 0.1) is 0 Å². The number of hydrogen-bond acceptors (Lipinski definition) is 1. The van der Waals surface area contributed by atoms with Crippen LogP contribution in [-0.2, 0) is 0 Å². The van der Waals surface area contributed by atoms with Crippen LogP contribution in [0.25, 0.3) is 6.08 Å². The Morgan fingerprint density at radius 2 is 2.06 bits per heavy atom. The second-order valence-corrected chi connectivity index (χ2v) is 4.00. The molecule has 0 unspecified atom stereocenters. The Kier molecular flexibility index (Phi) is 5.79. The van der Waals surface area contributed by atoms with Crippen molar-refractivity contribution >= 4 is 6.08 Å². The Balaban J connectivity index is 2.37. The number of rotatable bonds is 6. The summed E-state index contributed by atoms with van der Waals surface area (Å²) in [5.41, 5.74) is 1.90. The summed E-state index contributed by atoms with van der Waals surface area (Å²) in [5.74, 6) is -0.163. The van der Waals surface area contributed by atoms with Gasteiger partial charge in [0.15, 0.2) is 0 Å². The van der Waals surface area contributed by atoms with Gasteiger partial charge in [0.25, 0.3) is 0 Å². The minimum absolute atomic E-state index is 0.163. The fourth-order valence-electron chi connectivity index (χ4n) is 1.57. The van der Waals surface area contributed by atoms with Gasteiger partial charge in [-0.15, -0.1) is 0 Å². The van der Waals surface area contributed by atoms with Crippen molar-refractivity contribution in [3.63, 3.8) is 0 Å². The largest absolute Gasteiger partial charge is 0.316 e. The van der Waals surface area contributed by atoms with Crippen molar-refractivity contribution in [3.05, 3.63) is 41.2 Å². The summed E-state index contributed by atoms with van der Waals surface area (Å²) in [4.78, 5) is 0. The first-order valence-electron chi connectivity index (χ1n) is 5.87. The lowest BCUT2D eigenvalue weighted by atomic mass is 10.1. The Morgan fingerprint density at radius 3 is 2.75 bits per heavy atom. The van der Waals surface area contributed by atoms with E-state index in [2.05, 4.69) is 18.3 Å². The molecule has 16 heavy (non-hydrogen) atoms. The summed E-state index contributed by atoms with van der Waals surface area (Å²) < 4.78 is 13.1. The van der Waals surface area contributed by atoms with Gasteiger partial charge in [-0.1, -0.05) is 25.1 Å². The number of hydrogen-bond donors (Lipinski definition) is 1. The van der Waals surface area contributed by atoms with Crippen LogP contribution >= 0.6 is 0 Å². The highest BCUT2D eigenvalue weighted by Gasteiger charge is 1.94. The fraction of sp³-hybridized carbons (Fsp3) is 0.429. The smallest absolute Gasteiger partial charge is 0.124 e. The van der Waals surface area contributed by atoms with E-state index in [1.165, 1.54) is 0 Å². The van der Waals surface area contributed by atoms with Gasteiger partial charge in [-0.25, -0.2) is 4.39 Å². The molecular formula is C14H20FN. The van der Waals surface area contributed by atoms with Gasteiger partial charge < -0.3 is 5.32 Å². The van der Waals surface area contributed by atoms with Crippen molar-refractivity contribution in [2.24, 2.45) is 0 Å². The first-order chi connectivity index (χ1) is 7.72. The first-order valence-corrected chi connectivity index (χ1v) is 5.87. The van der Waals surface area contributed by atoms with E-state index in [4.69, 9.17) is 0 Å². The maximum Gasteiger partial charge on any atom is 0.124 e. The van der Waals surface area contributed by atoms with E-state index in [9.17, 15) is 4.39 Å². The van der Waals surface area contributed by atoms with Gasteiger partial charge in [0.2, 0.25) is 0 Å². The van der Waals surface area contributed by atoms with Crippen molar-refractivity contribution in [2.75, 3.05) is 13.1 Å². The number of halogens is 1. The van der Waals surface area contributed by atoms with Gasteiger partial charge in [-0.3, -0.25) is 0 Å². The summed E-state index contributed by atoms with van der Waals surface area (Å²) in [7, 11) is 0. The van der Waals surface area contributed by atoms with Crippen LogP contribution in [0.15, 0.2) is 24.3 Å². The molecular weight excluding hydrogens is 201 g/mol. The molecule has 0 radical (unpaired) electrons. The second-order valence-electron chi connectivity index (χ2n) is 4.00. The molecule has 1 nitrogen and oxygen atoms in total. The van der Waals surface area contributed by atoms with E-state index in [1.54, 1.807) is 12.1 Å². The van der Waals surface area contributed by atoms with Crippen molar-refractivity contribution in [1.29, 1.82) is 0 Å². The monoisotopic (exact) mass is 221 g/mol. The molecule has 0 bridgehead atoms. The van der Waals surface area contributed by atoms with E-state index >= 15 is 0 Å². The third-order valence-electron chi connectivity index (χ3n) is 2.29. The molecule has 88 valence electrons.